The molecule has 66 heavy (non-hydrogen) atoms. The molecule has 0 fully saturated rings. The van der Waals surface area contributed by atoms with Gasteiger partial charge in [-0.2, -0.15) is 0 Å². The molecular formula is C60H119NO5. The number of carbonyl (C=O) groups excluding carboxylic acids is 1. The predicted molar refractivity (Wildman–Crippen MR) is 288 cm³/mol. The molecule has 394 valence electrons. The lowest BCUT2D eigenvalue weighted by molar-refractivity contribution is -0.132. The zero-order chi connectivity index (χ0) is 48.1. The molecule has 0 saturated carbocycles. The van der Waals surface area contributed by atoms with E-state index in [1.165, 1.54) is 270 Å². The van der Waals surface area contributed by atoms with E-state index < -0.39 is 36.9 Å². The monoisotopic (exact) mass is 934 g/mol. The highest BCUT2D eigenvalue weighted by atomic mass is 16.3. The first-order chi connectivity index (χ1) is 32.5. The maximum atomic E-state index is 12.6. The number of aliphatic hydroxyl groups excluding tert-OH is 4. The lowest BCUT2D eigenvalue weighted by Gasteiger charge is -2.27. The quantitative estimate of drug-likeness (QED) is 0.0308. The van der Waals surface area contributed by atoms with Gasteiger partial charge in [0, 0.05) is 0 Å². The SMILES string of the molecule is CCCCCCCCCCCCCCCCCCCCCCCCCC/C=C/CCCC(O)C(O)C(CO)NC(=O)C(O)CCCCCCCCCCCCCCCCCCCCCCC. The van der Waals surface area contributed by atoms with Gasteiger partial charge in [-0.05, 0) is 38.5 Å². The molecule has 4 unspecified atom stereocenters. The fourth-order valence-corrected chi connectivity index (χ4v) is 9.76. The molecule has 1 amide bonds. The van der Waals surface area contributed by atoms with Crippen LogP contribution in [0.25, 0.3) is 0 Å². The third-order valence-corrected chi connectivity index (χ3v) is 14.5. The Labute approximate surface area is 412 Å². The van der Waals surface area contributed by atoms with Crippen molar-refractivity contribution < 1.29 is 25.2 Å². The van der Waals surface area contributed by atoms with Gasteiger partial charge >= 0.3 is 0 Å². The summed E-state index contributed by atoms with van der Waals surface area (Å²) in [5, 5.41) is 44.0. The largest absolute Gasteiger partial charge is 0.394 e. The van der Waals surface area contributed by atoms with Gasteiger partial charge in [0.1, 0.15) is 12.2 Å². The van der Waals surface area contributed by atoms with E-state index in [-0.39, 0.29) is 0 Å². The van der Waals surface area contributed by atoms with Gasteiger partial charge in [-0.1, -0.05) is 309 Å². The van der Waals surface area contributed by atoms with Crippen molar-refractivity contribution in [2.24, 2.45) is 0 Å². The van der Waals surface area contributed by atoms with Crippen molar-refractivity contribution in [1.29, 1.82) is 0 Å². The number of nitrogens with one attached hydrogen (secondary N) is 1. The first kappa shape index (κ1) is 65.0. The van der Waals surface area contributed by atoms with Crippen LogP contribution in [0.4, 0.5) is 0 Å². The zero-order valence-electron chi connectivity index (χ0n) is 44.7. The van der Waals surface area contributed by atoms with Gasteiger partial charge in [0.2, 0.25) is 5.91 Å². The predicted octanol–water partition coefficient (Wildman–Crippen LogP) is 17.6. The Bertz CT molecular complexity index is 959. The van der Waals surface area contributed by atoms with E-state index in [1.54, 1.807) is 0 Å². The summed E-state index contributed by atoms with van der Waals surface area (Å²) in [6, 6.07) is -0.999. The van der Waals surface area contributed by atoms with Crippen LogP contribution in [0.3, 0.4) is 0 Å². The van der Waals surface area contributed by atoms with E-state index in [4.69, 9.17) is 0 Å². The van der Waals surface area contributed by atoms with Gasteiger partial charge < -0.3 is 25.7 Å². The molecule has 0 aromatic heterocycles. The minimum atomic E-state index is -1.28. The van der Waals surface area contributed by atoms with Gasteiger partial charge in [0.15, 0.2) is 0 Å². The van der Waals surface area contributed by atoms with E-state index in [1.807, 2.05) is 0 Å². The highest BCUT2D eigenvalue weighted by molar-refractivity contribution is 5.80. The molecule has 0 saturated heterocycles. The maximum Gasteiger partial charge on any atom is 0.249 e. The van der Waals surface area contributed by atoms with Crippen molar-refractivity contribution in [3.63, 3.8) is 0 Å². The second-order valence-corrected chi connectivity index (χ2v) is 21.1. The van der Waals surface area contributed by atoms with Gasteiger partial charge in [-0.3, -0.25) is 4.79 Å². The van der Waals surface area contributed by atoms with Gasteiger partial charge in [0.25, 0.3) is 0 Å². The van der Waals surface area contributed by atoms with Crippen LogP contribution < -0.4 is 5.32 Å². The molecule has 0 aliphatic heterocycles. The number of allylic oxidation sites excluding steroid dienone is 2. The average Bonchev–Trinajstić information content (AvgIpc) is 3.32. The Kier molecular flexibility index (Phi) is 54.2. The summed E-state index contributed by atoms with van der Waals surface area (Å²) in [6.07, 6.45) is 65.9. The lowest BCUT2D eigenvalue weighted by atomic mass is 10.00. The van der Waals surface area contributed by atoms with Crippen LogP contribution in [-0.2, 0) is 4.79 Å². The molecule has 0 aliphatic carbocycles. The smallest absolute Gasteiger partial charge is 0.249 e. The lowest BCUT2D eigenvalue weighted by Crippen LogP contribution is -2.53. The van der Waals surface area contributed by atoms with Gasteiger partial charge in [-0.25, -0.2) is 0 Å². The number of carbonyl (C=O) groups is 1. The third-order valence-electron chi connectivity index (χ3n) is 14.5. The van der Waals surface area contributed by atoms with Gasteiger partial charge in [0.05, 0.1) is 18.8 Å². The fraction of sp³-hybridized carbons (Fsp3) is 0.950. The summed E-state index contributed by atoms with van der Waals surface area (Å²) >= 11 is 0. The second kappa shape index (κ2) is 55.0. The van der Waals surface area contributed by atoms with Crippen molar-refractivity contribution >= 4 is 5.91 Å². The maximum absolute atomic E-state index is 12.6. The summed E-state index contributed by atoms with van der Waals surface area (Å²) in [4.78, 5) is 12.6. The van der Waals surface area contributed by atoms with Crippen molar-refractivity contribution in [1.82, 2.24) is 5.32 Å². The van der Waals surface area contributed by atoms with Crippen LogP contribution in [0, 0.1) is 0 Å². The Morgan fingerprint density at radius 3 is 0.909 bits per heavy atom. The molecule has 0 aromatic carbocycles. The summed E-state index contributed by atoms with van der Waals surface area (Å²) in [6.45, 7) is 4.09. The summed E-state index contributed by atoms with van der Waals surface area (Å²) < 4.78 is 0. The molecule has 0 heterocycles. The number of hydrogen-bond acceptors (Lipinski definition) is 5. The highest BCUT2D eigenvalue weighted by Crippen LogP contribution is 2.19. The van der Waals surface area contributed by atoms with Crippen molar-refractivity contribution in [2.45, 2.75) is 359 Å². The summed E-state index contributed by atoms with van der Waals surface area (Å²) in [7, 11) is 0. The Balaban J connectivity index is 3.59. The molecule has 0 aliphatic rings. The van der Waals surface area contributed by atoms with Gasteiger partial charge in [-0.15, -0.1) is 0 Å². The number of unbranched alkanes of at least 4 members (excludes halogenated alkanes) is 45. The molecule has 0 aromatic rings. The molecule has 6 nitrogen and oxygen atoms in total. The van der Waals surface area contributed by atoms with E-state index in [9.17, 15) is 25.2 Å². The average molecular weight is 935 g/mol. The zero-order valence-corrected chi connectivity index (χ0v) is 44.7. The standard InChI is InChI=1S/C60H119NO5/c1-3-5-7-9-11-13-15-17-19-21-23-25-26-27-28-29-30-31-32-34-35-37-39-41-43-45-47-49-51-53-57(63)59(65)56(55-62)61-60(66)58(64)54-52-50-48-46-44-42-40-38-36-33-24-22-20-18-16-14-12-10-8-6-4-2/h45,47,56-59,62-65H,3-44,46,48-55H2,1-2H3,(H,61,66)/b47-45+. The molecule has 0 bridgehead atoms. The number of rotatable bonds is 56. The summed E-state index contributed by atoms with van der Waals surface area (Å²) in [5.41, 5.74) is 0. The minimum absolute atomic E-state index is 0.369. The first-order valence-corrected chi connectivity index (χ1v) is 30.1. The normalized spacial score (nSPS) is 13.7. The van der Waals surface area contributed by atoms with Crippen molar-refractivity contribution in [3.05, 3.63) is 12.2 Å². The third kappa shape index (κ3) is 48.1. The minimum Gasteiger partial charge on any atom is -0.394 e. The van der Waals surface area contributed by atoms with Crippen LogP contribution in [0.1, 0.15) is 335 Å². The van der Waals surface area contributed by atoms with Crippen LogP contribution >= 0.6 is 0 Å². The topological polar surface area (TPSA) is 110 Å². The van der Waals surface area contributed by atoms with Crippen LogP contribution in [0.2, 0.25) is 0 Å². The van der Waals surface area contributed by atoms with E-state index >= 15 is 0 Å². The number of aliphatic hydroxyl groups is 4. The molecule has 0 rings (SSSR count). The number of hydrogen-bond donors (Lipinski definition) is 5. The van der Waals surface area contributed by atoms with Crippen LogP contribution in [0.5, 0.6) is 0 Å². The van der Waals surface area contributed by atoms with Crippen molar-refractivity contribution in [2.75, 3.05) is 6.61 Å². The van der Waals surface area contributed by atoms with E-state index in [0.29, 0.717) is 12.8 Å². The molecular weight excluding hydrogens is 815 g/mol. The second-order valence-electron chi connectivity index (χ2n) is 21.1. The van der Waals surface area contributed by atoms with Crippen molar-refractivity contribution in [3.8, 4) is 0 Å². The molecule has 4 atom stereocenters. The Morgan fingerprint density at radius 1 is 0.364 bits per heavy atom. The van der Waals surface area contributed by atoms with E-state index in [2.05, 4.69) is 31.3 Å². The van der Waals surface area contributed by atoms with Crippen LogP contribution in [-0.4, -0.2) is 57.3 Å². The first-order valence-electron chi connectivity index (χ1n) is 30.1. The molecule has 0 radical (unpaired) electrons. The van der Waals surface area contributed by atoms with E-state index in [0.717, 1.165) is 38.5 Å². The fourth-order valence-electron chi connectivity index (χ4n) is 9.76. The highest BCUT2D eigenvalue weighted by Gasteiger charge is 2.28. The number of amides is 1. The Hall–Kier alpha value is -0.950. The molecule has 6 heteroatoms. The van der Waals surface area contributed by atoms with Crippen LogP contribution in [0.15, 0.2) is 12.2 Å². The molecule has 5 N–H and O–H groups in total. The Morgan fingerprint density at radius 2 is 0.621 bits per heavy atom. The summed E-state index contributed by atoms with van der Waals surface area (Å²) in [5.74, 6) is -0.586. The molecule has 0 spiro atoms.